The van der Waals surface area contributed by atoms with Crippen molar-refractivity contribution in [1.29, 1.82) is 10.5 Å². The highest BCUT2D eigenvalue weighted by molar-refractivity contribution is 7.25. The van der Waals surface area contributed by atoms with Gasteiger partial charge in [0.05, 0.1) is 35.3 Å². The molecule has 0 saturated carbocycles. The number of hydrogen-bond acceptors (Lipinski definition) is 10. The maximum atomic E-state index is 13.3. The summed E-state index contributed by atoms with van der Waals surface area (Å²) in [6.07, 6.45) is 43.9. The van der Waals surface area contributed by atoms with Crippen molar-refractivity contribution >= 4 is 102 Å². The fourth-order valence-electron chi connectivity index (χ4n) is 13.9. The molecule has 0 saturated heterocycles. The van der Waals surface area contributed by atoms with E-state index >= 15 is 0 Å². The van der Waals surface area contributed by atoms with Crippen LogP contribution in [-0.2, 0) is 57.8 Å². The molecule has 0 aliphatic heterocycles. The Morgan fingerprint density at radius 3 is 1.02 bits per heavy atom. The molecule has 0 atom stereocenters. The number of aryl methyl sites for hydroxylation is 6. The minimum atomic E-state index is -0.528. The molecule has 0 fully saturated rings. The monoisotopic (exact) mass is 1400 g/mol. The first-order chi connectivity index (χ1) is 48.1. The summed E-state index contributed by atoms with van der Waals surface area (Å²) in [4.78, 5) is 36.3. The summed E-state index contributed by atoms with van der Waals surface area (Å²) in [6, 6.07) is 28.8. The third-order valence-corrected chi connectivity index (χ3v) is 24.5. The van der Waals surface area contributed by atoms with Crippen molar-refractivity contribution in [2.24, 2.45) is 0 Å². The highest BCUT2D eigenvalue weighted by Gasteiger charge is 2.26. The lowest BCUT2D eigenvalue weighted by molar-refractivity contribution is -0.139. The Morgan fingerprint density at radius 2 is 0.694 bits per heavy atom. The van der Waals surface area contributed by atoms with E-state index in [1.165, 1.54) is 211 Å². The minimum Gasteiger partial charge on any atom is -0.462 e. The number of aromatic nitrogens is 2. The fraction of sp³-hybridized carbons (Fsp3) is 0.558. The zero-order chi connectivity index (χ0) is 69.4. The first kappa shape index (κ1) is 77.7. The Morgan fingerprint density at radius 1 is 0.378 bits per heavy atom. The maximum absolute atomic E-state index is 13.3. The van der Waals surface area contributed by atoms with Gasteiger partial charge in [0, 0.05) is 62.9 Å². The second-order valence-electron chi connectivity index (χ2n) is 27.5. The number of carbonyl (C=O) groups is 2. The Balaban J connectivity index is 1.26. The molecule has 6 heterocycles. The molecule has 98 heavy (non-hydrogen) atoms. The van der Waals surface area contributed by atoms with Gasteiger partial charge in [-0.2, -0.15) is 10.5 Å². The topological polar surface area (TPSA) is 110 Å². The van der Waals surface area contributed by atoms with E-state index in [2.05, 4.69) is 137 Å². The van der Waals surface area contributed by atoms with Gasteiger partial charge in [0.2, 0.25) is 0 Å². The van der Waals surface area contributed by atoms with Crippen molar-refractivity contribution in [3.05, 3.63) is 104 Å². The summed E-state index contributed by atoms with van der Waals surface area (Å²) in [5.74, 6) is -1.06. The van der Waals surface area contributed by atoms with Crippen LogP contribution in [0.5, 0.6) is 0 Å². The van der Waals surface area contributed by atoms with Crippen LogP contribution in [0.1, 0.15) is 293 Å². The standard InChI is InChI=1S/C86H116N4O4S4/c1-9-17-25-33-41-63-53-71(55-69(61-87)85(91)93-51-39-31-23-15-7)95-83(63)77-59-65(43-35-27-19-11-3)81(97-77)67-45-47-73-75(57-67)89(49-37-29-21-13-5)80-74-48-46-68(58-76(74)90(79(73)80)50-38-30-22-14-6)82-66(44-36-28-20-12-4)60-78(98-82)84-64(42-34-26-18-10-2)54-72(96-84)56-70(62-88)86(92)94-52-40-32-24-16-8/h45-48,53-60H,9-44,49-52H2,1-8H3/b69-55+,70-56+. The molecule has 0 radical (unpaired) electrons. The van der Waals surface area contributed by atoms with E-state index in [-0.39, 0.29) is 11.1 Å². The number of unbranched alkanes of at least 4 members (excludes halogenated alkanes) is 24. The Hall–Kier alpha value is -6.02. The average molecular weight is 1400 g/mol. The molecule has 0 aliphatic carbocycles. The summed E-state index contributed by atoms with van der Waals surface area (Å²) in [6.45, 7) is 20.7. The number of thiophene rings is 4. The smallest absolute Gasteiger partial charge is 0.348 e. The lowest BCUT2D eigenvalue weighted by atomic mass is 10.0. The predicted octanol–water partition coefficient (Wildman–Crippen LogP) is 27.4. The molecular weight excluding hydrogens is 1280 g/mol. The van der Waals surface area contributed by atoms with Crippen molar-refractivity contribution in [3.63, 3.8) is 0 Å². The van der Waals surface area contributed by atoms with Crippen molar-refractivity contribution in [1.82, 2.24) is 9.13 Å². The van der Waals surface area contributed by atoms with Gasteiger partial charge in [-0.1, -0.05) is 234 Å². The van der Waals surface area contributed by atoms with Gasteiger partial charge >= 0.3 is 11.9 Å². The lowest BCUT2D eigenvalue weighted by Gasteiger charge is -2.12. The summed E-state index contributed by atoms with van der Waals surface area (Å²) in [5, 5.41) is 23.3. The van der Waals surface area contributed by atoms with Crippen LogP contribution < -0.4 is 0 Å². The first-order valence-corrected chi connectivity index (χ1v) is 42.0. The zero-order valence-corrected chi connectivity index (χ0v) is 64.5. The molecule has 2 aromatic carbocycles. The van der Waals surface area contributed by atoms with Crippen LogP contribution in [0, 0.1) is 22.7 Å². The van der Waals surface area contributed by atoms with E-state index in [1.807, 2.05) is 22.7 Å². The van der Waals surface area contributed by atoms with E-state index in [0.717, 1.165) is 138 Å². The van der Waals surface area contributed by atoms with Gasteiger partial charge in [0.1, 0.15) is 23.3 Å². The Labute approximate surface area is 605 Å². The van der Waals surface area contributed by atoms with Crippen molar-refractivity contribution in [2.45, 2.75) is 300 Å². The van der Waals surface area contributed by atoms with Gasteiger partial charge in [0.15, 0.2) is 0 Å². The number of esters is 2. The summed E-state index contributed by atoms with van der Waals surface area (Å²) >= 11 is 7.30. The van der Waals surface area contributed by atoms with Crippen LogP contribution in [0.25, 0.3) is 85.4 Å². The molecule has 0 N–H and O–H groups in total. The number of rotatable bonds is 48. The summed E-state index contributed by atoms with van der Waals surface area (Å²) < 4.78 is 16.7. The lowest BCUT2D eigenvalue weighted by Crippen LogP contribution is -2.07. The number of fused-ring (bicyclic) bond motifs is 5. The normalized spacial score (nSPS) is 12.1. The minimum absolute atomic E-state index is 0.0668. The quantitative estimate of drug-likeness (QED) is 0.0163. The second-order valence-corrected chi connectivity index (χ2v) is 31.8. The number of nitrogens with zero attached hydrogens (tertiary/aromatic N) is 4. The number of hydrogen-bond donors (Lipinski definition) is 0. The highest BCUT2D eigenvalue weighted by atomic mass is 32.1. The number of nitriles is 2. The molecule has 528 valence electrons. The van der Waals surface area contributed by atoms with Crippen LogP contribution in [0.3, 0.4) is 0 Å². The first-order valence-electron chi connectivity index (χ1n) is 38.8. The SMILES string of the molecule is CCCCCCOC(=O)/C(C#N)=C/c1cc(CCCCCC)c(-c2cc(CCCCCC)c(-c3ccc4c(c3)n(CCCCCC)c3c5ccc(-c6sc(-c7sc(/C=C(\C#N)C(=O)OCCCCCC)cc7CCCCCC)cc6CCCCCC)cc5n(CCCCCC)c43)s2)s1. The molecule has 8 aromatic rings. The maximum Gasteiger partial charge on any atom is 0.348 e. The van der Waals surface area contributed by atoms with Gasteiger partial charge in [-0.05, 0) is 159 Å². The van der Waals surface area contributed by atoms with Gasteiger partial charge in [-0.25, -0.2) is 9.59 Å². The largest absolute Gasteiger partial charge is 0.462 e. The molecule has 12 heteroatoms. The molecule has 0 amide bonds. The molecule has 0 aliphatic rings. The van der Waals surface area contributed by atoms with E-state index < -0.39 is 11.9 Å². The fourth-order valence-corrected chi connectivity index (χ4v) is 18.9. The zero-order valence-electron chi connectivity index (χ0n) is 61.3. The van der Waals surface area contributed by atoms with E-state index in [0.29, 0.717) is 13.2 Å². The molecule has 0 bridgehead atoms. The number of benzene rings is 2. The number of carbonyl (C=O) groups excluding carboxylic acids is 2. The van der Waals surface area contributed by atoms with E-state index in [1.54, 1.807) is 34.8 Å². The Bertz CT molecular complexity index is 3680. The van der Waals surface area contributed by atoms with Gasteiger partial charge < -0.3 is 18.6 Å². The van der Waals surface area contributed by atoms with Crippen LogP contribution in [-0.4, -0.2) is 34.3 Å². The molecule has 0 spiro atoms. The van der Waals surface area contributed by atoms with Crippen LogP contribution >= 0.6 is 45.3 Å². The molecular formula is C86H116N4O4S4. The molecule has 8 rings (SSSR count). The highest BCUT2D eigenvalue weighted by Crippen LogP contribution is 2.49. The van der Waals surface area contributed by atoms with E-state index in [4.69, 9.17) is 9.47 Å². The van der Waals surface area contributed by atoms with Gasteiger partial charge in [-0.3, -0.25) is 0 Å². The van der Waals surface area contributed by atoms with Crippen molar-refractivity contribution < 1.29 is 19.1 Å². The van der Waals surface area contributed by atoms with Crippen LogP contribution in [0.2, 0.25) is 0 Å². The van der Waals surface area contributed by atoms with Gasteiger partial charge in [-0.15, -0.1) is 45.3 Å². The average Bonchev–Trinajstić information content (AvgIpc) is 1.55. The summed E-state index contributed by atoms with van der Waals surface area (Å²) in [5.41, 5.74) is 13.5. The second kappa shape index (κ2) is 42.3. The third-order valence-electron chi connectivity index (χ3n) is 19.5. The molecule has 6 aromatic heterocycles. The van der Waals surface area contributed by atoms with Gasteiger partial charge in [0.25, 0.3) is 0 Å². The predicted molar refractivity (Wildman–Crippen MR) is 425 cm³/mol. The molecule has 8 nitrogen and oxygen atoms in total. The summed E-state index contributed by atoms with van der Waals surface area (Å²) in [7, 11) is 0. The number of ether oxygens (including phenoxy) is 2. The van der Waals surface area contributed by atoms with Crippen LogP contribution in [0.15, 0.2) is 71.8 Å². The molecule has 0 unspecified atom stereocenters. The van der Waals surface area contributed by atoms with E-state index in [9.17, 15) is 20.1 Å². The van der Waals surface area contributed by atoms with Crippen LogP contribution in [0.4, 0.5) is 0 Å². The Kier molecular flexibility index (Phi) is 33.5. The third kappa shape index (κ3) is 21.5. The van der Waals surface area contributed by atoms with Crippen molar-refractivity contribution in [2.75, 3.05) is 13.2 Å². The van der Waals surface area contributed by atoms with Crippen molar-refractivity contribution in [3.8, 4) is 52.5 Å².